The van der Waals surface area contributed by atoms with E-state index >= 15 is 0 Å². The number of hydrogen-bond donors (Lipinski definition) is 1. The van der Waals surface area contributed by atoms with Gasteiger partial charge < -0.3 is 10.1 Å². The molecule has 0 aliphatic heterocycles. The highest BCUT2D eigenvalue weighted by molar-refractivity contribution is 5.25. The van der Waals surface area contributed by atoms with Crippen molar-refractivity contribution in [3.63, 3.8) is 0 Å². The molecule has 0 fully saturated rings. The van der Waals surface area contributed by atoms with Crippen molar-refractivity contribution in [3.05, 3.63) is 35.4 Å². The predicted octanol–water partition coefficient (Wildman–Crippen LogP) is 3.85. The third-order valence-corrected chi connectivity index (χ3v) is 3.33. The van der Waals surface area contributed by atoms with E-state index in [4.69, 9.17) is 4.74 Å². The van der Waals surface area contributed by atoms with Crippen LogP contribution in [0.5, 0.6) is 0 Å². The van der Waals surface area contributed by atoms with Crippen LogP contribution in [-0.4, -0.2) is 19.3 Å². The standard InChI is InChI=1S/C16H27NO/c1-6-10-17-15(12-16(3,4)18-5)14-9-7-8-13(2)11-14/h7-9,11,15,17H,6,10,12H2,1-5H3. The minimum atomic E-state index is -0.102. The first-order valence-corrected chi connectivity index (χ1v) is 6.83. The van der Waals surface area contributed by atoms with Gasteiger partial charge in [-0.25, -0.2) is 0 Å². The molecular weight excluding hydrogens is 222 g/mol. The molecule has 1 aromatic carbocycles. The Kier molecular flexibility index (Phi) is 5.83. The van der Waals surface area contributed by atoms with E-state index in [9.17, 15) is 0 Å². The SMILES string of the molecule is CCCNC(CC(C)(C)OC)c1cccc(C)c1. The van der Waals surface area contributed by atoms with Gasteiger partial charge in [0.05, 0.1) is 5.60 Å². The largest absolute Gasteiger partial charge is 0.379 e. The molecule has 2 nitrogen and oxygen atoms in total. The molecule has 1 rings (SSSR count). The first-order valence-electron chi connectivity index (χ1n) is 6.83. The van der Waals surface area contributed by atoms with E-state index in [0.29, 0.717) is 6.04 Å². The summed E-state index contributed by atoms with van der Waals surface area (Å²) in [5, 5.41) is 3.62. The highest BCUT2D eigenvalue weighted by Crippen LogP contribution is 2.26. The fourth-order valence-corrected chi connectivity index (χ4v) is 2.09. The predicted molar refractivity (Wildman–Crippen MR) is 77.9 cm³/mol. The Bertz CT molecular complexity index is 360. The van der Waals surface area contributed by atoms with Crippen LogP contribution in [-0.2, 0) is 4.74 Å². The van der Waals surface area contributed by atoms with Gasteiger partial charge in [-0.3, -0.25) is 0 Å². The Morgan fingerprint density at radius 1 is 1.33 bits per heavy atom. The van der Waals surface area contributed by atoms with Crippen LogP contribution in [0.1, 0.15) is 50.8 Å². The minimum absolute atomic E-state index is 0.102. The van der Waals surface area contributed by atoms with E-state index in [-0.39, 0.29) is 5.60 Å². The Balaban J connectivity index is 2.84. The van der Waals surface area contributed by atoms with Gasteiger partial charge in [-0.2, -0.15) is 0 Å². The number of methoxy groups -OCH3 is 1. The Morgan fingerprint density at radius 3 is 2.61 bits per heavy atom. The zero-order chi connectivity index (χ0) is 13.6. The smallest absolute Gasteiger partial charge is 0.0640 e. The Hall–Kier alpha value is -0.860. The van der Waals surface area contributed by atoms with Crippen molar-refractivity contribution in [2.45, 2.75) is 52.2 Å². The summed E-state index contributed by atoms with van der Waals surface area (Å²) in [4.78, 5) is 0. The quantitative estimate of drug-likeness (QED) is 0.792. The molecule has 1 aromatic rings. The number of aryl methyl sites for hydroxylation is 1. The Labute approximate surface area is 112 Å². The Morgan fingerprint density at radius 2 is 2.06 bits per heavy atom. The zero-order valence-electron chi connectivity index (χ0n) is 12.4. The van der Waals surface area contributed by atoms with Crippen molar-refractivity contribution in [2.75, 3.05) is 13.7 Å². The summed E-state index contributed by atoms with van der Waals surface area (Å²) in [5.74, 6) is 0. The number of benzene rings is 1. The normalized spacial score (nSPS) is 13.6. The zero-order valence-corrected chi connectivity index (χ0v) is 12.4. The molecule has 18 heavy (non-hydrogen) atoms. The van der Waals surface area contributed by atoms with E-state index in [1.54, 1.807) is 7.11 Å². The summed E-state index contributed by atoms with van der Waals surface area (Å²) < 4.78 is 5.56. The maximum Gasteiger partial charge on any atom is 0.0640 e. The van der Waals surface area contributed by atoms with Crippen molar-refractivity contribution in [3.8, 4) is 0 Å². The van der Waals surface area contributed by atoms with Crippen molar-refractivity contribution in [1.29, 1.82) is 0 Å². The van der Waals surface area contributed by atoms with E-state index in [1.165, 1.54) is 11.1 Å². The van der Waals surface area contributed by atoms with Crippen LogP contribution in [0.3, 0.4) is 0 Å². The van der Waals surface area contributed by atoms with Crippen LogP contribution >= 0.6 is 0 Å². The topological polar surface area (TPSA) is 21.3 Å². The number of hydrogen-bond acceptors (Lipinski definition) is 2. The van der Waals surface area contributed by atoms with Gasteiger partial charge in [0.2, 0.25) is 0 Å². The fourth-order valence-electron chi connectivity index (χ4n) is 2.09. The van der Waals surface area contributed by atoms with Crippen molar-refractivity contribution >= 4 is 0 Å². The van der Waals surface area contributed by atoms with E-state index in [1.807, 2.05) is 0 Å². The highest BCUT2D eigenvalue weighted by atomic mass is 16.5. The van der Waals surface area contributed by atoms with Gasteiger partial charge in [-0.15, -0.1) is 0 Å². The van der Waals surface area contributed by atoms with Gasteiger partial charge in [0, 0.05) is 13.2 Å². The monoisotopic (exact) mass is 249 g/mol. The van der Waals surface area contributed by atoms with E-state index in [2.05, 4.69) is 57.3 Å². The van der Waals surface area contributed by atoms with Crippen LogP contribution in [0, 0.1) is 6.92 Å². The first kappa shape index (κ1) is 15.2. The highest BCUT2D eigenvalue weighted by Gasteiger charge is 2.23. The summed E-state index contributed by atoms with van der Waals surface area (Å²) >= 11 is 0. The molecule has 0 saturated carbocycles. The molecule has 0 saturated heterocycles. The lowest BCUT2D eigenvalue weighted by Crippen LogP contribution is -2.32. The van der Waals surface area contributed by atoms with E-state index in [0.717, 1.165) is 19.4 Å². The molecule has 0 heterocycles. The molecule has 2 heteroatoms. The van der Waals surface area contributed by atoms with E-state index < -0.39 is 0 Å². The fraction of sp³-hybridized carbons (Fsp3) is 0.625. The van der Waals surface area contributed by atoms with Gasteiger partial charge in [0.15, 0.2) is 0 Å². The number of nitrogens with one attached hydrogen (secondary N) is 1. The minimum Gasteiger partial charge on any atom is -0.379 e. The average Bonchev–Trinajstić information content (AvgIpc) is 2.34. The van der Waals surface area contributed by atoms with Crippen molar-refractivity contribution < 1.29 is 4.74 Å². The summed E-state index contributed by atoms with van der Waals surface area (Å²) in [6, 6.07) is 9.10. The second kappa shape index (κ2) is 6.91. The maximum atomic E-state index is 5.56. The second-order valence-electron chi connectivity index (χ2n) is 5.59. The lowest BCUT2D eigenvalue weighted by Gasteiger charge is -2.29. The van der Waals surface area contributed by atoms with Crippen LogP contribution in [0.15, 0.2) is 24.3 Å². The molecule has 0 aliphatic rings. The molecule has 1 atom stereocenters. The summed E-state index contributed by atoms with van der Waals surface area (Å²) in [5.41, 5.74) is 2.56. The molecule has 0 bridgehead atoms. The van der Waals surface area contributed by atoms with Gasteiger partial charge in [0.25, 0.3) is 0 Å². The average molecular weight is 249 g/mol. The third kappa shape index (κ3) is 4.79. The van der Waals surface area contributed by atoms with Crippen LogP contribution in [0.2, 0.25) is 0 Å². The van der Waals surface area contributed by atoms with Crippen LogP contribution in [0.25, 0.3) is 0 Å². The summed E-state index contributed by atoms with van der Waals surface area (Å²) in [7, 11) is 1.78. The molecule has 1 N–H and O–H groups in total. The summed E-state index contributed by atoms with van der Waals surface area (Å²) in [6.45, 7) is 9.66. The van der Waals surface area contributed by atoms with Crippen molar-refractivity contribution in [2.24, 2.45) is 0 Å². The third-order valence-electron chi connectivity index (χ3n) is 3.33. The molecule has 102 valence electrons. The molecule has 0 aliphatic carbocycles. The second-order valence-corrected chi connectivity index (χ2v) is 5.59. The molecule has 0 radical (unpaired) electrons. The van der Waals surface area contributed by atoms with Crippen LogP contribution in [0.4, 0.5) is 0 Å². The lowest BCUT2D eigenvalue weighted by molar-refractivity contribution is 0.00684. The summed E-state index contributed by atoms with van der Waals surface area (Å²) in [6.07, 6.45) is 2.13. The van der Waals surface area contributed by atoms with Gasteiger partial charge in [-0.05, 0) is 45.7 Å². The number of ether oxygens (including phenoxy) is 1. The van der Waals surface area contributed by atoms with Crippen LogP contribution < -0.4 is 5.32 Å². The number of rotatable bonds is 7. The van der Waals surface area contributed by atoms with Gasteiger partial charge in [0.1, 0.15) is 0 Å². The van der Waals surface area contributed by atoms with Crippen molar-refractivity contribution in [1.82, 2.24) is 5.32 Å². The molecular formula is C16H27NO. The maximum absolute atomic E-state index is 5.56. The first-order chi connectivity index (χ1) is 8.48. The molecule has 0 spiro atoms. The lowest BCUT2D eigenvalue weighted by atomic mass is 9.92. The molecule has 1 unspecified atom stereocenters. The molecule has 0 amide bonds. The van der Waals surface area contributed by atoms with Gasteiger partial charge >= 0.3 is 0 Å². The molecule has 0 aromatic heterocycles. The van der Waals surface area contributed by atoms with Gasteiger partial charge in [-0.1, -0.05) is 36.8 Å².